The van der Waals surface area contributed by atoms with Gasteiger partial charge < -0.3 is 15.4 Å². The van der Waals surface area contributed by atoms with Crippen molar-refractivity contribution in [3.63, 3.8) is 0 Å². The van der Waals surface area contributed by atoms with Crippen LogP contribution in [0.3, 0.4) is 0 Å². The minimum absolute atomic E-state index is 0.346. The molecule has 1 heterocycles. The number of nitrogens with zero attached hydrogens (tertiary/aromatic N) is 1. The smallest absolute Gasteiger partial charge is 0.0826 e. The number of nitrogens with one attached hydrogen (secondary N) is 2. The van der Waals surface area contributed by atoms with Crippen LogP contribution >= 0.6 is 0 Å². The third-order valence-corrected chi connectivity index (χ3v) is 3.28. The molecule has 1 aliphatic heterocycles. The first-order chi connectivity index (χ1) is 9.01. The van der Waals surface area contributed by atoms with E-state index < -0.39 is 0 Å². The predicted molar refractivity (Wildman–Crippen MR) is 81.7 cm³/mol. The fourth-order valence-electron chi connectivity index (χ4n) is 2.25. The van der Waals surface area contributed by atoms with Crippen molar-refractivity contribution in [1.29, 1.82) is 0 Å². The molecule has 0 radical (unpaired) electrons. The molecule has 0 saturated carbocycles. The van der Waals surface area contributed by atoms with Crippen LogP contribution in [0.4, 0.5) is 0 Å². The summed E-state index contributed by atoms with van der Waals surface area (Å²) >= 11 is 0. The van der Waals surface area contributed by atoms with E-state index in [-0.39, 0.29) is 0 Å². The molecular weight excluding hydrogens is 238 g/mol. The second kappa shape index (κ2) is 8.90. The molecule has 1 aliphatic rings. The molecule has 0 aromatic carbocycles. The maximum absolute atomic E-state index is 5.83. The third-order valence-electron chi connectivity index (χ3n) is 3.28. The minimum Gasteiger partial charge on any atom is -0.374 e. The summed E-state index contributed by atoms with van der Waals surface area (Å²) < 4.78 is 5.83. The number of ether oxygens (including phenoxy) is 1. The number of hydrogen-bond donors (Lipinski definition) is 2. The lowest BCUT2D eigenvalue weighted by Gasteiger charge is -2.33. The lowest BCUT2D eigenvalue weighted by atomic mass is 9.97. The van der Waals surface area contributed by atoms with Gasteiger partial charge in [-0.15, -0.1) is 0 Å². The number of hydrogen-bond acceptors (Lipinski definition) is 4. The van der Waals surface area contributed by atoms with E-state index in [2.05, 4.69) is 43.2 Å². The summed E-state index contributed by atoms with van der Waals surface area (Å²) in [7, 11) is 0. The molecule has 2 N–H and O–H groups in total. The third kappa shape index (κ3) is 8.58. The molecule has 1 atom stereocenters. The second-order valence-electron chi connectivity index (χ2n) is 6.73. The molecule has 1 rings (SSSR count). The molecule has 4 heteroatoms. The summed E-state index contributed by atoms with van der Waals surface area (Å²) in [5.74, 6) is 0. The van der Waals surface area contributed by atoms with E-state index in [9.17, 15) is 0 Å². The van der Waals surface area contributed by atoms with Gasteiger partial charge in [0.25, 0.3) is 0 Å². The van der Waals surface area contributed by atoms with Gasteiger partial charge in [-0.05, 0) is 18.4 Å². The Balaban J connectivity index is 2.12. The summed E-state index contributed by atoms with van der Waals surface area (Å²) in [5, 5.41) is 6.99. The standard InChI is InChI=1S/C15H33N3O/c1-5-6-16-7-8-18-9-10-19-14(12-18)11-17-13-15(2,3)4/h14,16-17H,5-13H2,1-4H3/t14-/m0/s1. The van der Waals surface area contributed by atoms with Crippen LogP contribution in [0, 0.1) is 5.41 Å². The normalized spacial score (nSPS) is 21.8. The molecule has 0 spiro atoms. The minimum atomic E-state index is 0.346. The quantitative estimate of drug-likeness (QED) is 0.653. The fourth-order valence-corrected chi connectivity index (χ4v) is 2.25. The summed E-state index contributed by atoms with van der Waals surface area (Å²) in [6, 6.07) is 0. The fraction of sp³-hybridized carbons (Fsp3) is 1.00. The van der Waals surface area contributed by atoms with Gasteiger partial charge >= 0.3 is 0 Å². The first kappa shape index (κ1) is 16.9. The monoisotopic (exact) mass is 271 g/mol. The molecule has 0 aromatic rings. The molecule has 4 nitrogen and oxygen atoms in total. The molecule has 1 fully saturated rings. The van der Waals surface area contributed by atoms with Gasteiger partial charge in [0.1, 0.15) is 0 Å². The Labute approximate surface area is 119 Å². The maximum Gasteiger partial charge on any atom is 0.0826 e. The van der Waals surface area contributed by atoms with Gasteiger partial charge in [-0.1, -0.05) is 27.7 Å². The molecule has 0 unspecified atom stereocenters. The van der Waals surface area contributed by atoms with E-state index in [1.165, 1.54) is 6.42 Å². The van der Waals surface area contributed by atoms with Gasteiger partial charge in [-0.2, -0.15) is 0 Å². The van der Waals surface area contributed by atoms with Crippen molar-refractivity contribution in [3.05, 3.63) is 0 Å². The van der Waals surface area contributed by atoms with Crippen molar-refractivity contribution in [2.45, 2.75) is 40.2 Å². The van der Waals surface area contributed by atoms with E-state index in [0.717, 1.165) is 52.4 Å². The van der Waals surface area contributed by atoms with Crippen LogP contribution in [0.2, 0.25) is 0 Å². The number of morpholine rings is 1. The SMILES string of the molecule is CCCNCCN1CCO[C@@H](CNCC(C)(C)C)C1. The highest BCUT2D eigenvalue weighted by Gasteiger charge is 2.20. The Morgan fingerprint density at radius 2 is 2.00 bits per heavy atom. The zero-order valence-corrected chi connectivity index (χ0v) is 13.3. The van der Waals surface area contributed by atoms with Gasteiger partial charge in [0, 0.05) is 39.3 Å². The molecule has 0 aromatic heterocycles. The van der Waals surface area contributed by atoms with Gasteiger partial charge in [-0.25, -0.2) is 0 Å². The molecule has 19 heavy (non-hydrogen) atoms. The molecule has 114 valence electrons. The van der Waals surface area contributed by atoms with Gasteiger partial charge in [0.2, 0.25) is 0 Å². The topological polar surface area (TPSA) is 36.5 Å². The molecule has 0 aliphatic carbocycles. The van der Waals surface area contributed by atoms with Crippen LogP contribution in [0.1, 0.15) is 34.1 Å². The van der Waals surface area contributed by atoms with Crippen molar-refractivity contribution in [1.82, 2.24) is 15.5 Å². The summed E-state index contributed by atoms with van der Waals surface area (Å²) in [5.41, 5.74) is 0.346. The summed E-state index contributed by atoms with van der Waals surface area (Å²) in [4.78, 5) is 2.51. The van der Waals surface area contributed by atoms with E-state index in [1.54, 1.807) is 0 Å². The van der Waals surface area contributed by atoms with E-state index >= 15 is 0 Å². The van der Waals surface area contributed by atoms with Crippen LogP contribution in [-0.2, 0) is 4.74 Å². The molecule has 1 saturated heterocycles. The Morgan fingerprint density at radius 3 is 2.68 bits per heavy atom. The first-order valence-corrected chi connectivity index (χ1v) is 7.76. The van der Waals surface area contributed by atoms with Crippen LogP contribution in [0.5, 0.6) is 0 Å². The Hall–Kier alpha value is -0.160. The zero-order chi connectivity index (χ0) is 14.1. The lowest BCUT2D eigenvalue weighted by molar-refractivity contribution is -0.0271. The van der Waals surface area contributed by atoms with Crippen LogP contribution in [-0.4, -0.2) is 63.4 Å². The molecular formula is C15H33N3O. The highest BCUT2D eigenvalue weighted by molar-refractivity contribution is 4.75. The molecule has 0 amide bonds. The Kier molecular flexibility index (Phi) is 7.91. The summed E-state index contributed by atoms with van der Waals surface area (Å²) in [6.07, 6.45) is 1.56. The van der Waals surface area contributed by atoms with Crippen LogP contribution in [0.25, 0.3) is 0 Å². The molecule has 0 bridgehead atoms. The van der Waals surface area contributed by atoms with Crippen molar-refractivity contribution in [3.8, 4) is 0 Å². The van der Waals surface area contributed by atoms with Crippen molar-refractivity contribution in [2.75, 3.05) is 52.4 Å². The first-order valence-electron chi connectivity index (χ1n) is 7.76. The lowest BCUT2D eigenvalue weighted by Crippen LogP contribution is -2.49. The number of rotatable bonds is 8. The Bertz CT molecular complexity index is 228. The van der Waals surface area contributed by atoms with Crippen LogP contribution in [0.15, 0.2) is 0 Å². The van der Waals surface area contributed by atoms with Crippen molar-refractivity contribution < 1.29 is 4.74 Å². The predicted octanol–water partition coefficient (Wildman–Crippen LogP) is 1.32. The average molecular weight is 271 g/mol. The largest absolute Gasteiger partial charge is 0.374 e. The van der Waals surface area contributed by atoms with Gasteiger partial charge in [-0.3, -0.25) is 4.90 Å². The van der Waals surface area contributed by atoms with Crippen molar-refractivity contribution in [2.24, 2.45) is 5.41 Å². The van der Waals surface area contributed by atoms with Gasteiger partial charge in [0.15, 0.2) is 0 Å². The van der Waals surface area contributed by atoms with Crippen LogP contribution < -0.4 is 10.6 Å². The Morgan fingerprint density at radius 1 is 1.21 bits per heavy atom. The van der Waals surface area contributed by atoms with E-state index in [4.69, 9.17) is 4.74 Å². The van der Waals surface area contributed by atoms with Crippen molar-refractivity contribution >= 4 is 0 Å². The maximum atomic E-state index is 5.83. The van der Waals surface area contributed by atoms with E-state index in [1.807, 2.05) is 0 Å². The average Bonchev–Trinajstić information content (AvgIpc) is 2.34. The van der Waals surface area contributed by atoms with Gasteiger partial charge in [0.05, 0.1) is 12.7 Å². The van der Waals surface area contributed by atoms with E-state index in [0.29, 0.717) is 11.5 Å². The second-order valence-corrected chi connectivity index (χ2v) is 6.73. The zero-order valence-electron chi connectivity index (χ0n) is 13.3. The highest BCUT2D eigenvalue weighted by Crippen LogP contribution is 2.11. The highest BCUT2D eigenvalue weighted by atomic mass is 16.5. The summed E-state index contributed by atoms with van der Waals surface area (Å²) in [6.45, 7) is 17.4.